The van der Waals surface area contributed by atoms with Gasteiger partial charge in [0.25, 0.3) is 0 Å². The summed E-state index contributed by atoms with van der Waals surface area (Å²) < 4.78 is 35.6. The number of halogens is 2. The highest BCUT2D eigenvalue weighted by Gasteiger charge is 2.28. The lowest BCUT2D eigenvalue weighted by Gasteiger charge is -2.38. The average Bonchev–Trinajstić information content (AvgIpc) is 3.24. The molecule has 5 rings (SSSR count). The van der Waals surface area contributed by atoms with Gasteiger partial charge in [-0.1, -0.05) is 6.07 Å². The van der Waals surface area contributed by atoms with Crippen molar-refractivity contribution in [1.29, 1.82) is 0 Å². The number of nitrogens with zero attached hydrogens (tertiary/aromatic N) is 5. The molecule has 0 spiro atoms. The summed E-state index contributed by atoms with van der Waals surface area (Å²) in [5.41, 5.74) is 0.271. The van der Waals surface area contributed by atoms with E-state index in [1.807, 2.05) is 0 Å². The maximum atomic E-state index is 14.3. The highest BCUT2D eigenvalue weighted by molar-refractivity contribution is 5.61. The van der Waals surface area contributed by atoms with Gasteiger partial charge in [0.15, 0.2) is 11.5 Å². The summed E-state index contributed by atoms with van der Waals surface area (Å²) in [6.45, 7) is 3.62. The van der Waals surface area contributed by atoms with Gasteiger partial charge in [0.05, 0.1) is 25.0 Å². The minimum Gasteiger partial charge on any atom is -0.379 e. The molecule has 3 heterocycles. The highest BCUT2D eigenvalue weighted by atomic mass is 19.1. The van der Waals surface area contributed by atoms with Crippen molar-refractivity contribution in [2.75, 3.05) is 31.6 Å². The van der Waals surface area contributed by atoms with E-state index in [4.69, 9.17) is 4.74 Å². The van der Waals surface area contributed by atoms with E-state index in [2.05, 4.69) is 25.3 Å². The van der Waals surface area contributed by atoms with Crippen LogP contribution in [-0.2, 0) is 4.74 Å². The number of fused-ring (bicyclic) bond motifs is 1. The Morgan fingerprint density at radius 3 is 2.43 bits per heavy atom. The summed E-state index contributed by atoms with van der Waals surface area (Å²) in [6, 6.07) is 6.26. The fourth-order valence-electron chi connectivity index (χ4n) is 4.45. The molecule has 2 aliphatic rings. The average molecular weight is 414 g/mol. The van der Waals surface area contributed by atoms with Crippen LogP contribution in [0.4, 0.5) is 14.7 Å². The smallest absolute Gasteiger partial charge is 0.228 e. The van der Waals surface area contributed by atoms with Crippen molar-refractivity contribution in [2.24, 2.45) is 0 Å². The van der Waals surface area contributed by atoms with Gasteiger partial charge in [0.2, 0.25) is 5.95 Å². The molecule has 9 heteroatoms. The molecule has 3 aromatic rings. The van der Waals surface area contributed by atoms with E-state index in [-0.39, 0.29) is 17.4 Å². The molecule has 0 atom stereocenters. The van der Waals surface area contributed by atoms with Crippen LogP contribution >= 0.6 is 0 Å². The Balaban J connectivity index is 1.36. The van der Waals surface area contributed by atoms with E-state index < -0.39 is 11.6 Å². The second kappa shape index (κ2) is 8.23. The van der Waals surface area contributed by atoms with Crippen LogP contribution in [0.3, 0.4) is 0 Å². The number of nitrogens with one attached hydrogen (secondary N) is 1. The van der Waals surface area contributed by atoms with Crippen LogP contribution in [0.5, 0.6) is 0 Å². The molecule has 1 saturated heterocycles. The Labute approximate surface area is 173 Å². The first-order valence-corrected chi connectivity index (χ1v) is 10.4. The third kappa shape index (κ3) is 3.75. The Morgan fingerprint density at radius 2 is 1.70 bits per heavy atom. The van der Waals surface area contributed by atoms with E-state index in [1.54, 1.807) is 16.8 Å². The summed E-state index contributed by atoms with van der Waals surface area (Å²) in [7, 11) is 0. The van der Waals surface area contributed by atoms with Crippen LogP contribution in [0.15, 0.2) is 30.5 Å². The van der Waals surface area contributed by atoms with Gasteiger partial charge < -0.3 is 10.1 Å². The molecule has 2 fully saturated rings. The molecule has 0 radical (unpaired) electrons. The van der Waals surface area contributed by atoms with Gasteiger partial charge in [-0.05, 0) is 37.8 Å². The van der Waals surface area contributed by atoms with Crippen LogP contribution in [0.1, 0.15) is 25.7 Å². The highest BCUT2D eigenvalue weighted by Crippen LogP contribution is 2.28. The number of hydrogen-bond acceptors (Lipinski definition) is 6. The number of aromatic nitrogens is 4. The molecule has 7 nitrogen and oxygen atoms in total. The van der Waals surface area contributed by atoms with E-state index in [0.717, 1.165) is 52.0 Å². The number of ether oxygens (including phenoxy) is 1. The zero-order chi connectivity index (χ0) is 20.5. The fourth-order valence-corrected chi connectivity index (χ4v) is 4.45. The molecule has 1 aliphatic heterocycles. The standard InChI is InChI=1S/C21H24F2N6O/c22-16-2-1-3-17(23)19(16)20-26-18-8-9-24-29(18)21(27-20)25-14-4-6-15(7-5-14)28-10-12-30-13-11-28/h1-3,8-9,14-15H,4-7,10-13H2,(H,25,26,27)/t14-,15-. The van der Waals surface area contributed by atoms with Crippen molar-refractivity contribution in [2.45, 2.75) is 37.8 Å². The zero-order valence-corrected chi connectivity index (χ0v) is 16.6. The fraction of sp³-hybridized carbons (Fsp3) is 0.476. The van der Waals surface area contributed by atoms with E-state index in [1.165, 1.54) is 18.2 Å². The van der Waals surface area contributed by atoms with Crippen LogP contribution in [0.25, 0.3) is 17.0 Å². The molecule has 0 bridgehead atoms. The maximum Gasteiger partial charge on any atom is 0.228 e. The maximum absolute atomic E-state index is 14.3. The minimum absolute atomic E-state index is 0.0168. The number of anilines is 1. The quantitative estimate of drug-likeness (QED) is 0.708. The van der Waals surface area contributed by atoms with Crippen molar-refractivity contribution < 1.29 is 13.5 Å². The predicted molar refractivity (Wildman–Crippen MR) is 108 cm³/mol. The molecule has 2 aromatic heterocycles. The molecule has 158 valence electrons. The lowest BCUT2D eigenvalue weighted by Crippen LogP contribution is -2.46. The second-order valence-electron chi connectivity index (χ2n) is 7.87. The van der Waals surface area contributed by atoms with Crippen molar-refractivity contribution >= 4 is 11.6 Å². The summed E-state index contributed by atoms with van der Waals surface area (Å²) in [5, 5.41) is 7.72. The molecule has 1 saturated carbocycles. The third-order valence-corrected chi connectivity index (χ3v) is 6.03. The number of morpholine rings is 1. The van der Waals surface area contributed by atoms with Crippen molar-refractivity contribution in [3.63, 3.8) is 0 Å². The Morgan fingerprint density at radius 1 is 0.967 bits per heavy atom. The minimum atomic E-state index is -0.684. The Hall–Kier alpha value is -2.65. The normalized spacial score (nSPS) is 23.0. The van der Waals surface area contributed by atoms with Gasteiger partial charge in [-0.3, -0.25) is 4.90 Å². The van der Waals surface area contributed by atoms with Gasteiger partial charge in [-0.25, -0.2) is 13.8 Å². The van der Waals surface area contributed by atoms with E-state index >= 15 is 0 Å². The van der Waals surface area contributed by atoms with Gasteiger partial charge >= 0.3 is 0 Å². The molecule has 0 unspecified atom stereocenters. The van der Waals surface area contributed by atoms with Crippen LogP contribution in [0, 0.1) is 11.6 Å². The molecule has 0 amide bonds. The number of rotatable bonds is 4. The summed E-state index contributed by atoms with van der Waals surface area (Å²) >= 11 is 0. The number of benzene rings is 1. The first kappa shape index (κ1) is 19.3. The first-order valence-electron chi connectivity index (χ1n) is 10.4. The lowest BCUT2D eigenvalue weighted by molar-refractivity contribution is 0.00789. The van der Waals surface area contributed by atoms with Gasteiger partial charge in [-0.2, -0.15) is 14.6 Å². The second-order valence-corrected chi connectivity index (χ2v) is 7.87. The Bertz CT molecular complexity index is 1010. The van der Waals surface area contributed by atoms with Crippen molar-refractivity contribution in [3.05, 3.63) is 42.1 Å². The predicted octanol–water partition coefficient (Wildman–Crippen LogP) is 3.12. The monoisotopic (exact) mass is 414 g/mol. The lowest BCUT2D eigenvalue weighted by atomic mass is 9.90. The topological polar surface area (TPSA) is 67.6 Å². The number of hydrogen-bond donors (Lipinski definition) is 1. The molecule has 30 heavy (non-hydrogen) atoms. The van der Waals surface area contributed by atoms with Crippen LogP contribution in [-0.4, -0.2) is 62.9 Å². The zero-order valence-electron chi connectivity index (χ0n) is 16.6. The molecule has 1 aliphatic carbocycles. The van der Waals surface area contributed by atoms with E-state index in [9.17, 15) is 8.78 Å². The summed E-state index contributed by atoms with van der Waals surface area (Å²) in [6.07, 6.45) is 5.79. The molecule has 1 aromatic carbocycles. The van der Waals surface area contributed by atoms with Crippen LogP contribution in [0.2, 0.25) is 0 Å². The van der Waals surface area contributed by atoms with Crippen molar-refractivity contribution in [3.8, 4) is 11.4 Å². The summed E-state index contributed by atoms with van der Waals surface area (Å²) in [4.78, 5) is 11.3. The first-order chi connectivity index (χ1) is 14.7. The molecule has 1 N–H and O–H groups in total. The summed E-state index contributed by atoms with van der Waals surface area (Å²) in [5.74, 6) is -0.896. The SMILES string of the molecule is Fc1cccc(F)c1-c1nc(N[C@H]2CC[C@H](N3CCOCC3)CC2)n2nccc2n1. The Kier molecular flexibility index (Phi) is 5.30. The van der Waals surface area contributed by atoms with Gasteiger partial charge in [0, 0.05) is 31.2 Å². The van der Waals surface area contributed by atoms with Crippen molar-refractivity contribution in [1.82, 2.24) is 24.5 Å². The van der Waals surface area contributed by atoms with Gasteiger partial charge in [0.1, 0.15) is 11.6 Å². The molecular weight excluding hydrogens is 390 g/mol. The molecular formula is C21H24F2N6O. The largest absolute Gasteiger partial charge is 0.379 e. The van der Waals surface area contributed by atoms with Gasteiger partial charge in [-0.15, -0.1) is 0 Å². The van der Waals surface area contributed by atoms with Crippen LogP contribution < -0.4 is 5.32 Å². The van der Waals surface area contributed by atoms with E-state index in [0.29, 0.717) is 17.6 Å². The third-order valence-electron chi connectivity index (χ3n) is 6.03.